The summed E-state index contributed by atoms with van der Waals surface area (Å²) < 4.78 is 0. The second-order valence-corrected chi connectivity index (χ2v) is 8.07. The highest BCUT2D eigenvalue weighted by Gasteiger charge is 2.47. The zero-order valence-electron chi connectivity index (χ0n) is 15.0. The van der Waals surface area contributed by atoms with Gasteiger partial charge in [-0.25, -0.2) is 0 Å². The molecule has 1 saturated carbocycles. The number of fused-ring (bicyclic) bond motifs is 1. The van der Waals surface area contributed by atoms with Crippen molar-refractivity contribution in [1.29, 1.82) is 0 Å². The predicted octanol–water partition coefficient (Wildman–Crippen LogP) is 2.60. The molecule has 3 amide bonds. The summed E-state index contributed by atoms with van der Waals surface area (Å²) in [6.07, 6.45) is 3.87. The number of imide groups is 1. The highest BCUT2D eigenvalue weighted by atomic mass is 32.2. The van der Waals surface area contributed by atoms with E-state index in [0.717, 1.165) is 37.2 Å². The van der Waals surface area contributed by atoms with E-state index in [9.17, 15) is 14.4 Å². The van der Waals surface area contributed by atoms with Crippen molar-refractivity contribution in [3.8, 4) is 0 Å². The molecule has 26 heavy (non-hydrogen) atoms. The quantitative estimate of drug-likeness (QED) is 0.561. The third-order valence-corrected chi connectivity index (χ3v) is 6.21. The summed E-state index contributed by atoms with van der Waals surface area (Å²) in [7, 11) is 0. The SMILES string of the molecule is O=C(CCN1C(=O)[C@H]2CCCC[C@H]2C1=O)NCCSCc1ccccc1. The van der Waals surface area contributed by atoms with Gasteiger partial charge in [-0.1, -0.05) is 43.2 Å². The van der Waals surface area contributed by atoms with E-state index in [1.807, 2.05) is 18.2 Å². The summed E-state index contributed by atoms with van der Waals surface area (Å²) in [6, 6.07) is 10.2. The van der Waals surface area contributed by atoms with Crippen LogP contribution in [0.1, 0.15) is 37.7 Å². The van der Waals surface area contributed by atoms with E-state index in [1.165, 1.54) is 10.5 Å². The van der Waals surface area contributed by atoms with Crippen molar-refractivity contribution in [3.05, 3.63) is 35.9 Å². The summed E-state index contributed by atoms with van der Waals surface area (Å²) in [5.74, 6) is 1.28. The fourth-order valence-corrected chi connectivity index (χ4v) is 4.60. The molecule has 3 rings (SSSR count). The maximum atomic E-state index is 12.4. The number of nitrogens with one attached hydrogen (secondary N) is 1. The minimum atomic E-state index is -0.131. The number of thioether (sulfide) groups is 1. The Labute approximate surface area is 158 Å². The van der Waals surface area contributed by atoms with Gasteiger partial charge in [-0.05, 0) is 18.4 Å². The van der Waals surface area contributed by atoms with Crippen molar-refractivity contribution in [2.24, 2.45) is 11.8 Å². The first-order valence-electron chi connectivity index (χ1n) is 9.40. The fourth-order valence-electron chi connectivity index (χ4n) is 3.78. The van der Waals surface area contributed by atoms with Crippen LogP contribution in [0.4, 0.5) is 0 Å². The molecule has 5 nitrogen and oxygen atoms in total. The standard InChI is InChI=1S/C20H26N2O3S/c23-18(21-11-13-26-14-15-6-2-1-3-7-15)10-12-22-19(24)16-8-4-5-9-17(16)20(22)25/h1-3,6-7,16-17H,4-5,8-14H2,(H,21,23)/t16-,17+. The molecule has 1 aliphatic carbocycles. The van der Waals surface area contributed by atoms with Gasteiger partial charge < -0.3 is 5.32 Å². The van der Waals surface area contributed by atoms with Crippen LogP contribution in [0.3, 0.4) is 0 Å². The number of carbonyl (C=O) groups is 3. The number of rotatable bonds is 8. The fraction of sp³-hybridized carbons (Fsp3) is 0.550. The molecule has 2 atom stereocenters. The molecule has 1 heterocycles. The number of amides is 3. The van der Waals surface area contributed by atoms with Gasteiger partial charge in [0, 0.05) is 31.0 Å². The maximum absolute atomic E-state index is 12.4. The Hall–Kier alpha value is -1.82. The van der Waals surface area contributed by atoms with Crippen molar-refractivity contribution >= 4 is 29.5 Å². The zero-order chi connectivity index (χ0) is 18.4. The Kier molecular flexibility index (Phi) is 6.72. The lowest BCUT2D eigenvalue weighted by Gasteiger charge is -2.19. The third-order valence-electron chi connectivity index (χ3n) is 5.18. The molecular weight excluding hydrogens is 348 g/mol. The van der Waals surface area contributed by atoms with Crippen LogP contribution in [0.5, 0.6) is 0 Å². The van der Waals surface area contributed by atoms with Crippen molar-refractivity contribution in [2.75, 3.05) is 18.8 Å². The number of carbonyl (C=O) groups excluding carboxylic acids is 3. The second-order valence-electron chi connectivity index (χ2n) is 6.96. The molecule has 2 aliphatic rings. The Bertz CT molecular complexity index is 626. The molecule has 2 fully saturated rings. The minimum absolute atomic E-state index is 0.0640. The average molecular weight is 375 g/mol. The molecular formula is C20H26N2O3S. The van der Waals surface area contributed by atoms with Crippen molar-refractivity contribution < 1.29 is 14.4 Å². The van der Waals surface area contributed by atoms with E-state index in [4.69, 9.17) is 0 Å². The number of hydrogen-bond donors (Lipinski definition) is 1. The Balaban J connectivity index is 1.32. The van der Waals surface area contributed by atoms with Gasteiger partial charge in [-0.15, -0.1) is 0 Å². The predicted molar refractivity (Wildman–Crippen MR) is 102 cm³/mol. The van der Waals surface area contributed by atoms with E-state index >= 15 is 0 Å². The van der Waals surface area contributed by atoms with E-state index < -0.39 is 0 Å². The van der Waals surface area contributed by atoms with Crippen molar-refractivity contribution in [3.63, 3.8) is 0 Å². The first kappa shape index (κ1) is 19.0. The molecule has 0 unspecified atom stereocenters. The molecule has 0 spiro atoms. The molecule has 6 heteroatoms. The molecule has 1 aromatic rings. The highest BCUT2D eigenvalue weighted by Crippen LogP contribution is 2.37. The summed E-state index contributed by atoms with van der Waals surface area (Å²) >= 11 is 1.77. The first-order chi connectivity index (χ1) is 12.7. The monoisotopic (exact) mass is 374 g/mol. The lowest BCUT2D eigenvalue weighted by atomic mass is 9.81. The molecule has 1 N–H and O–H groups in total. The smallest absolute Gasteiger partial charge is 0.233 e. The molecule has 0 bridgehead atoms. The van der Waals surface area contributed by atoms with Crippen LogP contribution in [-0.4, -0.2) is 41.5 Å². The van der Waals surface area contributed by atoms with Gasteiger partial charge in [0.2, 0.25) is 17.7 Å². The van der Waals surface area contributed by atoms with Crippen LogP contribution < -0.4 is 5.32 Å². The number of hydrogen-bond acceptors (Lipinski definition) is 4. The minimum Gasteiger partial charge on any atom is -0.355 e. The maximum Gasteiger partial charge on any atom is 0.233 e. The second kappa shape index (κ2) is 9.21. The number of likely N-dealkylation sites (tertiary alicyclic amines) is 1. The lowest BCUT2D eigenvalue weighted by Crippen LogP contribution is -2.36. The summed E-state index contributed by atoms with van der Waals surface area (Å²) in [5, 5.41) is 2.88. The third kappa shape index (κ3) is 4.67. The van der Waals surface area contributed by atoms with E-state index in [0.29, 0.717) is 6.54 Å². The summed E-state index contributed by atoms with van der Waals surface area (Å²) in [5.41, 5.74) is 1.27. The van der Waals surface area contributed by atoms with Crippen molar-refractivity contribution in [2.45, 2.75) is 37.9 Å². The summed E-state index contributed by atoms with van der Waals surface area (Å²) in [6.45, 7) is 0.817. The Morgan fingerprint density at radius 1 is 1.08 bits per heavy atom. The van der Waals surface area contributed by atoms with Gasteiger partial charge in [-0.2, -0.15) is 11.8 Å². The van der Waals surface area contributed by atoms with Crippen LogP contribution in [0.2, 0.25) is 0 Å². The topological polar surface area (TPSA) is 66.5 Å². The highest BCUT2D eigenvalue weighted by molar-refractivity contribution is 7.98. The number of nitrogens with zero attached hydrogens (tertiary/aromatic N) is 1. The van der Waals surface area contributed by atoms with E-state index in [1.54, 1.807) is 11.8 Å². The normalized spacial score (nSPS) is 22.4. The molecule has 1 saturated heterocycles. The van der Waals surface area contributed by atoms with Gasteiger partial charge in [0.15, 0.2) is 0 Å². The van der Waals surface area contributed by atoms with Gasteiger partial charge in [0.25, 0.3) is 0 Å². The summed E-state index contributed by atoms with van der Waals surface area (Å²) in [4.78, 5) is 38.0. The van der Waals surface area contributed by atoms with Crippen LogP contribution >= 0.6 is 11.8 Å². The van der Waals surface area contributed by atoms with Gasteiger partial charge in [0.1, 0.15) is 0 Å². The van der Waals surface area contributed by atoms with Crippen molar-refractivity contribution in [1.82, 2.24) is 10.2 Å². The van der Waals surface area contributed by atoms with Gasteiger partial charge in [0.05, 0.1) is 11.8 Å². The molecule has 1 aromatic carbocycles. The van der Waals surface area contributed by atoms with Crippen LogP contribution in [0.15, 0.2) is 30.3 Å². The van der Waals surface area contributed by atoms with Crippen LogP contribution in [0, 0.1) is 11.8 Å². The molecule has 0 radical (unpaired) electrons. The Morgan fingerprint density at radius 2 is 1.73 bits per heavy atom. The molecule has 1 aliphatic heterocycles. The Morgan fingerprint density at radius 3 is 2.38 bits per heavy atom. The van der Waals surface area contributed by atoms with Crippen LogP contribution in [-0.2, 0) is 20.1 Å². The lowest BCUT2D eigenvalue weighted by molar-refractivity contribution is -0.140. The van der Waals surface area contributed by atoms with Gasteiger partial charge in [-0.3, -0.25) is 19.3 Å². The molecule has 140 valence electrons. The zero-order valence-corrected chi connectivity index (χ0v) is 15.8. The number of benzene rings is 1. The largest absolute Gasteiger partial charge is 0.355 e. The van der Waals surface area contributed by atoms with E-state index in [-0.39, 0.29) is 42.5 Å². The first-order valence-corrected chi connectivity index (χ1v) is 10.6. The molecule has 0 aromatic heterocycles. The van der Waals surface area contributed by atoms with Gasteiger partial charge >= 0.3 is 0 Å². The average Bonchev–Trinajstić information content (AvgIpc) is 2.91. The van der Waals surface area contributed by atoms with E-state index in [2.05, 4.69) is 17.4 Å². The van der Waals surface area contributed by atoms with Crippen LogP contribution in [0.25, 0.3) is 0 Å².